The third-order valence-corrected chi connectivity index (χ3v) is 2.92. The Hall–Kier alpha value is -2.46. The van der Waals surface area contributed by atoms with Crippen LogP contribution in [0.25, 0.3) is 5.69 Å². The molecule has 0 fully saturated rings. The number of hydrogen-bond donors (Lipinski definition) is 0. The minimum absolute atomic E-state index is 0.183. The number of hydrogen-bond acceptors (Lipinski definition) is 5. The summed E-state index contributed by atoms with van der Waals surface area (Å²) in [5.41, 5.74) is 1.03. The molecule has 8 heteroatoms. The Balaban J connectivity index is 2.39. The number of benzene rings is 1. The number of nitriles is 1. The van der Waals surface area contributed by atoms with Gasteiger partial charge in [-0.25, -0.2) is 4.68 Å². The van der Waals surface area contributed by atoms with Crippen molar-refractivity contribution in [3.8, 4) is 11.8 Å². The van der Waals surface area contributed by atoms with Crippen LogP contribution >= 0.6 is 11.6 Å². The van der Waals surface area contributed by atoms with Crippen molar-refractivity contribution in [2.24, 2.45) is 0 Å². The highest BCUT2D eigenvalue weighted by Gasteiger charge is 2.17. The number of nitrogens with zero attached hydrogens (tertiary/aromatic N) is 5. The Morgan fingerprint density at radius 1 is 1.50 bits per heavy atom. The summed E-state index contributed by atoms with van der Waals surface area (Å²) in [4.78, 5) is 10.5. The fourth-order valence-corrected chi connectivity index (χ4v) is 1.85. The molecule has 1 aromatic heterocycles. The van der Waals surface area contributed by atoms with Gasteiger partial charge in [0.2, 0.25) is 0 Å². The molecule has 20 heavy (non-hydrogen) atoms. The molecule has 0 unspecified atom stereocenters. The van der Waals surface area contributed by atoms with Crippen molar-refractivity contribution in [3.63, 3.8) is 0 Å². The normalized spacial score (nSPS) is 10.2. The van der Waals surface area contributed by atoms with E-state index in [1.165, 1.54) is 22.9 Å². The molecule has 0 saturated carbocycles. The van der Waals surface area contributed by atoms with E-state index in [0.29, 0.717) is 18.0 Å². The molecule has 1 heterocycles. The summed E-state index contributed by atoms with van der Waals surface area (Å²) < 4.78 is 1.34. The molecule has 0 aliphatic carbocycles. The molecule has 2 rings (SSSR count). The van der Waals surface area contributed by atoms with E-state index >= 15 is 0 Å². The summed E-state index contributed by atoms with van der Waals surface area (Å²) in [5, 5.41) is 27.7. The van der Waals surface area contributed by atoms with Gasteiger partial charge in [-0.05, 0) is 25.0 Å². The fourth-order valence-electron chi connectivity index (χ4n) is 1.71. The van der Waals surface area contributed by atoms with Crippen molar-refractivity contribution in [2.45, 2.75) is 12.8 Å². The van der Waals surface area contributed by atoms with E-state index < -0.39 is 4.92 Å². The summed E-state index contributed by atoms with van der Waals surface area (Å²) in [5.74, 6) is 0.518. The Morgan fingerprint density at radius 3 is 2.95 bits per heavy atom. The molecular weight excluding hydrogens is 282 g/mol. The molecule has 0 aliphatic heterocycles. The van der Waals surface area contributed by atoms with E-state index in [-0.39, 0.29) is 16.9 Å². The van der Waals surface area contributed by atoms with E-state index in [1.54, 1.807) is 6.20 Å². The van der Waals surface area contributed by atoms with Gasteiger partial charge in [0.05, 0.1) is 28.4 Å². The predicted octanol–water partition coefficient (Wildman–Crippen LogP) is 2.22. The molecular formula is C12H10ClN5O2. The number of alkyl halides is 1. The van der Waals surface area contributed by atoms with Gasteiger partial charge in [-0.1, -0.05) is 5.21 Å². The molecule has 0 amide bonds. The first-order valence-corrected chi connectivity index (χ1v) is 6.35. The lowest BCUT2D eigenvalue weighted by atomic mass is 10.2. The standard InChI is InChI=1S/C12H10ClN5O2/c13-5-1-2-10-8-17(16-15-10)11-4-3-9(7-14)6-12(11)18(19)20/h3-4,6,8H,1-2,5H2. The Morgan fingerprint density at radius 2 is 2.30 bits per heavy atom. The van der Waals surface area contributed by atoms with Crippen LogP contribution in [0.3, 0.4) is 0 Å². The van der Waals surface area contributed by atoms with Crippen LogP contribution in [0.4, 0.5) is 5.69 Å². The Kier molecular flexibility index (Phi) is 4.27. The Bertz CT molecular complexity index is 677. The van der Waals surface area contributed by atoms with Gasteiger partial charge in [0.25, 0.3) is 5.69 Å². The molecule has 0 N–H and O–H groups in total. The monoisotopic (exact) mass is 291 g/mol. The summed E-state index contributed by atoms with van der Waals surface area (Å²) in [6.07, 6.45) is 3.05. The quantitative estimate of drug-likeness (QED) is 0.478. The first-order valence-electron chi connectivity index (χ1n) is 5.82. The Labute approximate surface area is 119 Å². The van der Waals surface area contributed by atoms with Crippen LogP contribution < -0.4 is 0 Å². The van der Waals surface area contributed by atoms with Gasteiger partial charge in [0.1, 0.15) is 5.69 Å². The first kappa shape index (κ1) is 14.0. The lowest BCUT2D eigenvalue weighted by Crippen LogP contribution is -2.01. The van der Waals surface area contributed by atoms with Gasteiger partial charge in [-0.3, -0.25) is 10.1 Å². The predicted molar refractivity (Wildman–Crippen MR) is 71.8 cm³/mol. The molecule has 0 radical (unpaired) electrons. The second-order valence-electron chi connectivity index (χ2n) is 4.02. The minimum atomic E-state index is -0.545. The van der Waals surface area contributed by atoms with Crippen molar-refractivity contribution < 1.29 is 4.92 Å². The number of nitro benzene ring substituents is 1. The van der Waals surface area contributed by atoms with Crippen molar-refractivity contribution >= 4 is 17.3 Å². The number of halogens is 1. The maximum absolute atomic E-state index is 11.1. The van der Waals surface area contributed by atoms with E-state index in [9.17, 15) is 10.1 Å². The SMILES string of the molecule is N#Cc1ccc(-n2cc(CCCCl)nn2)c([N+](=O)[O-])c1. The molecule has 0 spiro atoms. The van der Waals surface area contributed by atoms with E-state index in [1.807, 2.05) is 6.07 Å². The summed E-state index contributed by atoms with van der Waals surface area (Å²) >= 11 is 5.60. The van der Waals surface area contributed by atoms with Crippen LogP contribution in [0.15, 0.2) is 24.4 Å². The number of rotatable bonds is 5. The molecule has 2 aromatic rings. The molecule has 0 bridgehead atoms. The molecule has 0 aliphatic rings. The van der Waals surface area contributed by atoms with Crippen LogP contribution in [0.1, 0.15) is 17.7 Å². The van der Waals surface area contributed by atoms with E-state index in [0.717, 1.165) is 6.42 Å². The highest BCUT2D eigenvalue weighted by molar-refractivity contribution is 6.17. The third kappa shape index (κ3) is 2.92. The number of aryl methyl sites for hydroxylation is 1. The zero-order valence-corrected chi connectivity index (χ0v) is 11.1. The van der Waals surface area contributed by atoms with Gasteiger partial charge >= 0.3 is 0 Å². The summed E-state index contributed by atoms with van der Waals surface area (Å²) in [7, 11) is 0. The van der Waals surface area contributed by atoms with Crippen LogP contribution in [0.2, 0.25) is 0 Å². The topological polar surface area (TPSA) is 97.6 Å². The minimum Gasteiger partial charge on any atom is -0.258 e. The largest absolute Gasteiger partial charge is 0.296 e. The maximum atomic E-state index is 11.1. The second-order valence-corrected chi connectivity index (χ2v) is 4.40. The third-order valence-electron chi connectivity index (χ3n) is 2.66. The van der Waals surface area contributed by atoms with Crippen LogP contribution in [0, 0.1) is 21.4 Å². The van der Waals surface area contributed by atoms with Gasteiger partial charge in [-0.2, -0.15) is 5.26 Å². The lowest BCUT2D eigenvalue weighted by Gasteiger charge is -2.01. The van der Waals surface area contributed by atoms with Crippen molar-refractivity contribution in [1.29, 1.82) is 5.26 Å². The van der Waals surface area contributed by atoms with Crippen LogP contribution in [-0.4, -0.2) is 25.8 Å². The number of aromatic nitrogens is 3. The van der Waals surface area contributed by atoms with Crippen LogP contribution in [-0.2, 0) is 6.42 Å². The van der Waals surface area contributed by atoms with Crippen molar-refractivity contribution in [3.05, 3.63) is 45.8 Å². The molecule has 7 nitrogen and oxygen atoms in total. The summed E-state index contributed by atoms with van der Waals surface area (Å²) in [6.45, 7) is 0. The van der Waals surface area contributed by atoms with Crippen molar-refractivity contribution in [1.82, 2.24) is 15.0 Å². The molecule has 0 saturated heterocycles. The molecule has 0 atom stereocenters. The summed E-state index contributed by atoms with van der Waals surface area (Å²) in [6, 6.07) is 6.07. The van der Waals surface area contributed by atoms with Crippen LogP contribution in [0.5, 0.6) is 0 Å². The smallest absolute Gasteiger partial charge is 0.258 e. The van der Waals surface area contributed by atoms with E-state index in [4.69, 9.17) is 16.9 Å². The first-order chi connectivity index (χ1) is 9.65. The van der Waals surface area contributed by atoms with Gasteiger partial charge < -0.3 is 0 Å². The number of nitro groups is 1. The lowest BCUT2D eigenvalue weighted by molar-refractivity contribution is -0.384. The average Bonchev–Trinajstić information content (AvgIpc) is 2.93. The van der Waals surface area contributed by atoms with Gasteiger partial charge in [0, 0.05) is 11.9 Å². The van der Waals surface area contributed by atoms with Crippen molar-refractivity contribution in [2.75, 3.05) is 5.88 Å². The molecule has 1 aromatic carbocycles. The zero-order chi connectivity index (χ0) is 14.5. The highest BCUT2D eigenvalue weighted by Crippen LogP contribution is 2.23. The second kappa shape index (κ2) is 6.12. The van der Waals surface area contributed by atoms with Gasteiger partial charge in [0.15, 0.2) is 0 Å². The maximum Gasteiger partial charge on any atom is 0.296 e. The highest BCUT2D eigenvalue weighted by atomic mass is 35.5. The fraction of sp³-hybridized carbons (Fsp3) is 0.250. The van der Waals surface area contributed by atoms with E-state index in [2.05, 4.69) is 10.3 Å². The van der Waals surface area contributed by atoms with Gasteiger partial charge in [-0.15, -0.1) is 16.7 Å². The zero-order valence-electron chi connectivity index (χ0n) is 10.4. The average molecular weight is 292 g/mol. The molecule has 102 valence electrons.